The molecular formula is C25H35N3O5S. The van der Waals surface area contributed by atoms with E-state index in [4.69, 9.17) is 4.74 Å². The molecule has 0 aliphatic heterocycles. The number of nitrogens with zero attached hydrogens (tertiary/aromatic N) is 2. The number of sulfonamides is 1. The molecule has 0 saturated heterocycles. The smallest absolute Gasteiger partial charge is 0.242 e. The van der Waals surface area contributed by atoms with E-state index in [9.17, 15) is 18.0 Å². The van der Waals surface area contributed by atoms with Crippen LogP contribution < -0.4 is 10.1 Å². The van der Waals surface area contributed by atoms with E-state index in [0.29, 0.717) is 12.3 Å². The lowest BCUT2D eigenvalue weighted by Gasteiger charge is -2.31. The summed E-state index contributed by atoms with van der Waals surface area (Å²) in [5.41, 5.74) is 1.57. The molecule has 0 bridgehead atoms. The van der Waals surface area contributed by atoms with Gasteiger partial charge in [0.05, 0.1) is 19.9 Å². The molecule has 186 valence electrons. The van der Waals surface area contributed by atoms with Crippen molar-refractivity contribution in [1.29, 1.82) is 0 Å². The summed E-state index contributed by atoms with van der Waals surface area (Å²) in [6.45, 7) is 5.96. The highest BCUT2D eigenvalue weighted by molar-refractivity contribution is 7.88. The van der Waals surface area contributed by atoms with Crippen molar-refractivity contribution in [3.05, 3.63) is 65.7 Å². The Kier molecular flexibility index (Phi) is 10.1. The molecule has 34 heavy (non-hydrogen) atoms. The third-order valence-corrected chi connectivity index (χ3v) is 6.54. The van der Waals surface area contributed by atoms with Gasteiger partial charge in [-0.25, -0.2) is 8.42 Å². The molecule has 0 radical (unpaired) electrons. The Balaban J connectivity index is 2.28. The Morgan fingerprint density at radius 2 is 1.53 bits per heavy atom. The molecule has 9 heteroatoms. The van der Waals surface area contributed by atoms with E-state index < -0.39 is 22.0 Å². The first-order valence-electron chi connectivity index (χ1n) is 11.2. The van der Waals surface area contributed by atoms with E-state index in [1.54, 1.807) is 38.3 Å². The fourth-order valence-electron chi connectivity index (χ4n) is 3.28. The van der Waals surface area contributed by atoms with Gasteiger partial charge < -0.3 is 15.0 Å². The predicted octanol–water partition coefficient (Wildman–Crippen LogP) is 2.65. The maximum Gasteiger partial charge on any atom is 0.242 e. The van der Waals surface area contributed by atoms with Crippen LogP contribution in [0.25, 0.3) is 0 Å². The highest BCUT2D eigenvalue weighted by Gasteiger charge is 2.30. The standard InChI is InChI=1S/C25H35N3O5S/c1-19(2)15-26-25(30)20(3)28(17-22-11-13-23(33-4)14-12-22)24(29)18-27(34(5,31)32)16-21-9-7-6-8-10-21/h6-14,19-20H,15-18H2,1-5H3,(H,26,30)/t20-/m1/s1. The number of hydrogen-bond donors (Lipinski definition) is 1. The van der Waals surface area contributed by atoms with Crippen LogP contribution in [0, 0.1) is 5.92 Å². The maximum absolute atomic E-state index is 13.4. The normalized spacial score (nSPS) is 12.4. The van der Waals surface area contributed by atoms with Crippen molar-refractivity contribution >= 4 is 21.8 Å². The summed E-state index contributed by atoms with van der Waals surface area (Å²) < 4.78 is 31.3. The average Bonchev–Trinajstić information content (AvgIpc) is 2.80. The first-order chi connectivity index (χ1) is 16.0. The Bertz CT molecular complexity index is 1040. The zero-order valence-corrected chi connectivity index (χ0v) is 21.3. The van der Waals surface area contributed by atoms with Crippen molar-refractivity contribution in [2.75, 3.05) is 26.5 Å². The van der Waals surface area contributed by atoms with Crippen LogP contribution in [0.15, 0.2) is 54.6 Å². The summed E-state index contributed by atoms with van der Waals surface area (Å²) in [6.07, 6.45) is 1.08. The second-order valence-electron chi connectivity index (χ2n) is 8.70. The number of amides is 2. The molecule has 1 N–H and O–H groups in total. The summed E-state index contributed by atoms with van der Waals surface area (Å²) in [4.78, 5) is 27.6. The quantitative estimate of drug-likeness (QED) is 0.495. The van der Waals surface area contributed by atoms with Crippen molar-refractivity contribution in [3.8, 4) is 5.75 Å². The number of rotatable bonds is 12. The van der Waals surface area contributed by atoms with Crippen molar-refractivity contribution in [2.24, 2.45) is 5.92 Å². The van der Waals surface area contributed by atoms with Crippen LogP contribution in [-0.4, -0.2) is 61.9 Å². The highest BCUT2D eigenvalue weighted by atomic mass is 32.2. The third kappa shape index (κ3) is 8.46. The number of ether oxygens (including phenoxy) is 1. The number of nitrogens with one attached hydrogen (secondary N) is 1. The van der Waals surface area contributed by atoms with E-state index >= 15 is 0 Å². The molecule has 0 heterocycles. The molecule has 0 aliphatic rings. The van der Waals surface area contributed by atoms with Crippen LogP contribution in [0.1, 0.15) is 31.9 Å². The summed E-state index contributed by atoms with van der Waals surface area (Å²) >= 11 is 0. The van der Waals surface area contributed by atoms with Crippen molar-refractivity contribution in [2.45, 2.75) is 39.9 Å². The minimum atomic E-state index is -3.67. The third-order valence-electron chi connectivity index (χ3n) is 5.35. The fourth-order valence-corrected chi connectivity index (χ4v) is 4.01. The molecule has 2 aromatic rings. The number of hydrogen-bond acceptors (Lipinski definition) is 5. The van der Waals surface area contributed by atoms with Gasteiger partial charge in [0.15, 0.2) is 0 Å². The van der Waals surface area contributed by atoms with Gasteiger partial charge in [-0.3, -0.25) is 9.59 Å². The molecule has 0 aromatic heterocycles. The van der Waals surface area contributed by atoms with Gasteiger partial charge in [-0.05, 0) is 36.1 Å². The van der Waals surface area contributed by atoms with Gasteiger partial charge in [0, 0.05) is 19.6 Å². The summed E-state index contributed by atoms with van der Waals surface area (Å²) in [6, 6.07) is 15.5. The van der Waals surface area contributed by atoms with Crippen molar-refractivity contribution in [1.82, 2.24) is 14.5 Å². The lowest BCUT2D eigenvalue weighted by molar-refractivity contribution is -0.140. The van der Waals surface area contributed by atoms with Gasteiger partial charge in [0.2, 0.25) is 21.8 Å². The van der Waals surface area contributed by atoms with Crippen LogP contribution in [0.5, 0.6) is 5.75 Å². The Labute approximate surface area is 202 Å². The predicted molar refractivity (Wildman–Crippen MR) is 133 cm³/mol. The Morgan fingerprint density at radius 3 is 2.06 bits per heavy atom. The van der Waals surface area contributed by atoms with Crippen LogP contribution in [0.2, 0.25) is 0 Å². The number of carbonyl (C=O) groups excluding carboxylic acids is 2. The van der Waals surface area contributed by atoms with Gasteiger partial charge in [0.25, 0.3) is 0 Å². The zero-order valence-electron chi connectivity index (χ0n) is 20.5. The van der Waals surface area contributed by atoms with E-state index in [1.165, 1.54) is 4.90 Å². The minimum absolute atomic E-state index is 0.0652. The number of methoxy groups -OCH3 is 1. The molecule has 1 atom stereocenters. The number of benzene rings is 2. The molecule has 0 aliphatic carbocycles. The highest BCUT2D eigenvalue weighted by Crippen LogP contribution is 2.16. The lowest BCUT2D eigenvalue weighted by Crippen LogP contribution is -2.51. The van der Waals surface area contributed by atoms with Gasteiger partial charge in [-0.15, -0.1) is 0 Å². The van der Waals surface area contributed by atoms with Gasteiger partial charge in [-0.1, -0.05) is 56.3 Å². The molecule has 2 amide bonds. The molecule has 8 nitrogen and oxygen atoms in total. The first kappa shape index (κ1) is 27.3. The summed E-state index contributed by atoms with van der Waals surface area (Å²) in [5, 5.41) is 2.86. The van der Waals surface area contributed by atoms with Crippen LogP contribution in [0.3, 0.4) is 0 Å². The van der Waals surface area contributed by atoms with Gasteiger partial charge in [0.1, 0.15) is 11.8 Å². The second kappa shape index (κ2) is 12.5. The SMILES string of the molecule is COc1ccc(CN(C(=O)CN(Cc2ccccc2)S(C)(=O)=O)[C@H](C)C(=O)NCC(C)C)cc1. The van der Waals surface area contributed by atoms with Crippen LogP contribution >= 0.6 is 0 Å². The summed E-state index contributed by atoms with van der Waals surface area (Å²) in [5.74, 6) is 0.192. The van der Waals surface area contributed by atoms with Gasteiger partial charge in [-0.2, -0.15) is 4.31 Å². The molecule has 0 saturated carbocycles. The van der Waals surface area contributed by atoms with Gasteiger partial charge >= 0.3 is 0 Å². The fraction of sp³-hybridized carbons (Fsp3) is 0.440. The van der Waals surface area contributed by atoms with Crippen LogP contribution in [-0.2, 0) is 32.7 Å². The maximum atomic E-state index is 13.4. The van der Waals surface area contributed by atoms with E-state index in [1.807, 2.05) is 44.2 Å². The Hall–Kier alpha value is -2.91. The number of carbonyl (C=O) groups is 2. The van der Waals surface area contributed by atoms with E-state index in [2.05, 4.69) is 5.32 Å². The molecule has 0 fully saturated rings. The van der Waals surface area contributed by atoms with Crippen LogP contribution in [0.4, 0.5) is 0 Å². The van der Waals surface area contributed by atoms with Crippen molar-refractivity contribution < 1.29 is 22.7 Å². The second-order valence-corrected chi connectivity index (χ2v) is 10.7. The molecular weight excluding hydrogens is 454 g/mol. The van der Waals surface area contributed by atoms with E-state index in [0.717, 1.165) is 21.7 Å². The largest absolute Gasteiger partial charge is 0.497 e. The topological polar surface area (TPSA) is 96.0 Å². The Morgan fingerprint density at radius 1 is 0.941 bits per heavy atom. The minimum Gasteiger partial charge on any atom is -0.497 e. The zero-order chi connectivity index (χ0) is 25.3. The average molecular weight is 490 g/mol. The molecule has 0 unspecified atom stereocenters. The van der Waals surface area contributed by atoms with E-state index in [-0.39, 0.29) is 31.5 Å². The lowest BCUT2D eigenvalue weighted by atomic mass is 10.1. The monoisotopic (exact) mass is 489 g/mol. The molecule has 2 aromatic carbocycles. The first-order valence-corrected chi connectivity index (χ1v) is 13.0. The molecule has 2 rings (SSSR count). The molecule has 0 spiro atoms. The summed E-state index contributed by atoms with van der Waals surface area (Å²) in [7, 11) is -2.10. The van der Waals surface area contributed by atoms with Crippen molar-refractivity contribution in [3.63, 3.8) is 0 Å².